The monoisotopic (exact) mass is 394 g/mol. The van der Waals surface area contributed by atoms with E-state index in [-0.39, 0.29) is 30.0 Å². The second-order valence-electron chi connectivity index (χ2n) is 7.85. The van der Waals surface area contributed by atoms with Crippen LogP contribution in [0.15, 0.2) is 49.1 Å². The zero-order chi connectivity index (χ0) is 20.0. The van der Waals surface area contributed by atoms with Crippen LogP contribution in [-0.2, 0) is 5.41 Å². The molecular formula is C23H23FN2O3. The summed E-state index contributed by atoms with van der Waals surface area (Å²) in [6.45, 7) is 5.78. The van der Waals surface area contributed by atoms with E-state index in [9.17, 15) is 9.18 Å². The minimum atomic E-state index is -0.275. The Hall–Kier alpha value is -2.86. The van der Waals surface area contributed by atoms with Crippen LogP contribution in [0.25, 0.3) is 0 Å². The fourth-order valence-electron chi connectivity index (χ4n) is 5.10. The molecule has 3 heterocycles. The zero-order valence-corrected chi connectivity index (χ0v) is 16.1. The number of hydrogen-bond acceptors (Lipinski definition) is 4. The van der Waals surface area contributed by atoms with Crippen LogP contribution in [-0.4, -0.2) is 31.8 Å². The third kappa shape index (κ3) is 2.74. The van der Waals surface area contributed by atoms with Gasteiger partial charge in [0.05, 0.1) is 6.04 Å². The Morgan fingerprint density at radius 1 is 1.21 bits per heavy atom. The number of nitrogens with zero attached hydrogens (tertiary/aromatic N) is 1. The third-order valence-electron chi connectivity index (χ3n) is 6.43. The minimum absolute atomic E-state index is 0.100. The molecule has 29 heavy (non-hydrogen) atoms. The fraction of sp³-hybridized carbons (Fsp3) is 0.348. The van der Waals surface area contributed by atoms with Gasteiger partial charge in [0.2, 0.25) is 6.79 Å². The van der Waals surface area contributed by atoms with Gasteiger partial charge in [0, 0.05) is 16.7 Å². The lowest BCUT2D eigenvalue weighted by atomic mass is 9.69. The average molecular weight is 394 g/mol. The first-order valence-electron chi connectivity index (χ1n) is 9.99. The van der Waals surface area contributed by atoms with Crippen LogP contribution in [0, 0.1) is 5.82 Å². The van der Waals surface area contributed by atoms with Crippen LogP contribution in [0.2, 0.25) is 0 Å². The standard InChI is InChI=1S/C23H23FN2O3/c1-2-3-21-23(8-10-25-11-9-23)17-13-16(24)5-6-18(17)26(21)22(27)15-4-7-19-20(12-15)29-14-28-19/h2,4-7,12-13,21,25H,1,3,8-11,14H2/t21-/m1/s1. The number of carbonyl (C=O) groups is 1. The van der Waals surface area contributed by atoms with Crippen LogP contribution in [0.1, 0.15) is 35.2 Å². The van der Waals surface area contributed by atoms with Crippen molar-refractivity contribution in [2.45, 2.75) is 30.7 Å². The molecule has 6 heteroatoms. The Balaban J connectivity index is 1.63. The van der Waals surface area contributed by atoms with E-state index in [0.29, 0.717) is 23.5 Å². The Morgan fingerprint density at radius 3 is 2.79 bits per heavy atom. The number of fused-ring (bicyclic) bond motifs is 3. The quantitative estimate of drug-likeness (QED) is 0.805. The summed E-state index contributed by atoms with van der Waals surface area (Å²) < 4.78 is 25.1. The molecule has 150 valence electrons. The largest absolute Gasteiger partial charge is 0.454 e. The van der Waals surface area contributed by atoms with Crippen LogP contribution >= 0.6 is 0 Å². The van der Waals surface area contributed by atoms with Gasteiger partial charge in [-0.15, -0.1) is 6.58 Å². The maximum absolute atomic E-state index is 14.2. The van der Waals surface area contributed by atoms with Gasteiger partial charge in [-0.2, -0.15) is 0 Å². The van der Waals surface area contributed by atoms with Crippen molar-refractivity contribution in [2.75, 3.05) is 24.8 Å². The molecule has 0 aromatic heterocycles. The lowest BCUT2D eigenvalue weighted by Crippen LogP contribution is -2.51. The molecule has 1 saturated heterocycles. The molecule has 3 aliphatic heterocycles. The molecule has 2 aromatic carbocycles. The van der Waals surface area contributed by atoms with E-state index in [0.717, 1.165) is 37.2 Å². The molecule has 5 rings (SSSR count). The molecule has 2 aromatic rings. The highest BCUT2D eigenvalue weighted by atomic mass is 19.1. The number of amides is 1. The highest BCUT2D eigenvalue weighted by Crippen LogP contribution is 2.52. The van der Waals surface area contributed by atoms with Crippen LogP contribution in [0.4, 0.5) is 10.1 Å². The highest BCUT2D eigenvalue weighted by Gasteiger charge is 2.52. The Bertz CT molecular complexity index is 984. The predicted molar refractivity (Wildman–Crippen MR) is 108 cm³/mol. The van der Waals surface area contributed by atoms with Gasteiger partial charge in [-0.05, 0) is 74.3 Å². The number of rotatable bonds is 3. The number of piperidine rings is 1. The summed E-state index contributed by atoms with van der Waals surface area (Å²) in [4.78, 5) is 15.5. The Morgan fingerprint density at radius 2 is 2.00 bits per heavy atom. The normalized spacial score (nSPS) is 21.3. The smallest absolute Gasteiger partial charge is 0.258 e. The molecule has 0 bridgehead atoms. The van der Waals surface area contributed by atoms with Gasteiger partial charge in [0.1, 0.15) is 5.82 Å². The second kappa shape index (κ2) is 6.88. The summed E-state index contributed by atoms with van der Waals surface area (Å²) in [5, 5.41) is 3.39. The van der Waals surface area contributed by atoms with E-state index in [1.807, 2.05) is 11.0 Å². The van der Waals surface area contributed by atoms with Crippen molar-refractivity contribution in [3.8, 4) is 11.5 Å². The first kappa shape index (κ1) is 18.2. The molecule has 3 aliphatic rings. The van der Waals surface area contributed by atoms with E-state index >= 15 is 0 Å². The number of benzene rings is 2. The van der Waals surface area contributed by atoms with Crippen molar-refractivity contribution in [2.24, 2.45) is 0 Å². The summed E-state index contributed by atoms with van der Waals surface area (Å²) in [6, 6.07) is 9.94. The lowest BCUT2D eigenvalue weighted by Gasteiger charge is -2.41. The SMILES string of the molecule is C=CC[C@H]1N(C(=O)c2ccc3c(c2)OCO3)c2ccc(F)cc2C12CCNCC2. The number of anilines is 1. The zero-order valence-electron chi connectivity index (χ0n) is 16.1. The molecule has 0 unspecified atom stereocenters. The van der Waals surface area contributed by atoms with Gasteiger partial charge in [0.25, 0.3) is 5.91 Å². The summed E-state index contributed by atoms with van der Waals surface area (Å²) in [7, 11) is 0. The van der Waals surface area contributed by atoms with E-state index in [2.05, 4.69) is 11.9 Å². The van der Waals surface area contributed by atoms with Crippen molar-refractivity contribution in [1.82, 2.24) is 5.32 Å². The third-order valence-corrected chi connectivity index (χ3v) is 6.43. The van der Waals surface area contributed by atoms with Gasteiger partial charge >= 0.3 is 0 Å². The second-order valence-corrected chi connectivity index (χ2v) is 7.85. The number of nitrogens with one attached hydrogen (secondary N) is 1. The van der Waals surface area contributed by atoms with Crippen LogP contribution in [0.5, 0.6) is 11.5 Å². The van der Waals surface area contributed by atoms with E-state index in [4.69, 9.17) is 9.47 Å². The van der Waals surface area contributed by atoms with Gasteiger partial charge in [-0.3, -0.25) is 4.79 Å². The fourth-order valence-corrected chi connectivity index (χ4v) is 5.10. The van der Waals surface area contributed by atoms with Crippen molar-refractivity contribution < 1.29 is 18.7 Å². The van der Waals surface area contributed by atoms with E-state index in [1.165, 1.54) is 6.07 Å². The molecule has 1 amide bonds. The molecular weight excluding hydrogens is 371 g/mol. The first-order valence-corrected chi connectivity index (χ1v) is 9.99. The molecule has 0 saturated carbocycles. The number of hydrogen-bond donors (Lipinski definition) is 1. The van der Waals surface area contributed by atoms with Gasteiger partial charge in [0.15, 0.2) is 11.5 Å². The maximum atomic E-state index is 14.2. The van der Waals surface area contributed by atoms with Crippen molar-refractivity contribution in [3.05, 3.63) is 66.0 Å². The molecule has 1 N–H and O–H groups in total. The molecule has 1 atom stereocenters. The number of halogens is 1. The predicted octanol–water partition coefficient (Wildman–Crippen LogP) is 3.78. The molecule has 1 spiro atoms. The number of ether oxygens (including phenoxy) is 2. The summed E-state index contributed by atoms with van der Waals surface area (Å²) in [5.74, 6) is 0.837. The van der Waals surface area contributed by atoms with Crippen molar-refractivity contribution >= 4 is 11.6 Å². The molecule has 1 fully saturated rings. The molecule has 0 aliphatic carbocycles. The van der Waals surface area contributed by atoms with Gasteiger partial charge in [-0.25, -0.2) is 4.39 Å². The van der Waals surface area contributed by atoms with E-state index < -0.39 is 0 Å². The van der Waals surface area contributed by atoms with Gasteiger partial charge < -0.3 is 19.7 Å². The molecule has 5 nitrogen and oxygen atoms in total. The van der Waals surface area contributed by atoms with Crippen LogP contribution in [0.3, 0.4) is 0 Å². The lowest BCUT2D eigenvalue weighted by molar-refractivity contribution is 0.0964. The van der Waals surface area contributed by atoms with Crippen LogP contribution < -0.4 is 19.7 Å². The topological polar surface area (TPSA) is 50.8 Å². The Kier molecular flexibility index (Phi) is 4.32. The average Bonchev–Trinajstić information content (AvgIpc) is 3.30. The maximum Gasteiger partial charge on any atom is 0.258 e. The summed E-state index contributed by atoms with van der Waals surface area (Å²) in [6.07, 6.45) is 4.21. The van der Waals surface area contributed by atoms with Crippen molar-refractivity contribution in [1.29, 1.82) is 0 Å². The first-order chi connectivity index (χ1) is 14.1. The Labute approximate surface area is 169 Å². The molecule has 0 radical (unpaired) electrons. The highest BCUT2D eigenvalue weighted by molar-refractivity contribution is 6.08. The summed E-state index contributed by atoms with van der Waals surface area (Å²) >= 11 is 0. The minimum Gasteiger partial charge on any atom is -0.454 e. The van der Waals surface area contributed by atoms with Gasteiger partial charge in [-0.1, -0.05) is 6.08 Å². The van der Waals surface area contributed by atoms with Crippen molar-refractivity contribution in [3.63, 3.8) is 0 Å². The summed E-state index contributed by atoms with van der Waals surface area (Å²) in [5.41, 5.74) is 1.98. The number of carbonyl (C=O) groups excluding carboxylic acids is 1. The van der Waals surface area contributed by atoms with E-state index in [1.54, 1.807) is 30.3 Å².